The Morgan fingerprint density at radius 2 is 1.30 bits per heavy atom. The maximum Gasteiger partial charge on any atom is 0.472 e. The molecule has 0 bridgehead atoms. The number of esters is 1. The summed E-state index contributed by atoms with van der Waals surface area (Å²) in [5, 5.41) is 0. The molecule has 9 heteroatoms. The Kier molecular flexibility index (Phi) is 27.4. The number of carbonyl (C=O) groups excluding carboxylic acids is 1. The van der Waals surface area contributed by atoms with Crippen LogP contribution in [0, 0.1) is 0 Å². The van der Waals surface area contributed by atoms with Crippen LogP contribution in [0.25, 0.3) is 0 Å². The average Bonchev–Trinajstić information content (AvgIpc) is 2.94. The van der Waals surface area contributed by atoms with Crippen molar-refractivity contribution in [3.63, 3.8) is 0 Å². The normalized spacial score (nSPS) is 14.8. The molecule has 0 aromatic carbocycles. The van der Waals surface area contributed by atoms with E-state index in [-0.39, 0.29) is 32.8 Å². The molecule has 0 fully saturated rings. The predicted octanol–water partition coefficient (Wildman–Crippen LogP) is 7.51. The third-order valence-corrected chi connectivity index (χ3v) is 6.47. The van der Waals surface area contributed by atoms with Crippen molar-refractivity contribution < 1.29 is 32.8 Å². The van der Waals surface area contributed by atoms with Gasteiger partial charge in [0.25, 0.3) is 0 Å². The zero-order chi connectivity index (χ0) is 29.6. The van der Waals surface area contributed by atoms with E-state index in [1.54, 1.807) is 6.08 Å². The van der Waals surface area contributed by atoms with Crippen LogP contribution in [-0.2, 0) is 27.9 Å². The molecule has 0 radical (unpaired) electrons. The molecule has 0 amide bonds. The summed E-state index contributed by atoms with van der Waals surface area (Å²) in [6, 6.07) is 0. The second-order valence-corrected chi connectivity index (χ2v) is 10.7. The summed E-state index contributed by atoms with van der Waals surface area (Å²) in [4.78, 5) is 22.1. The van der Waals surface area contributed by atoms with Crippen LogP contribution in [0.1, 0.15) is 90.9 Å². The number of rotatable bonds is 27. The van der Waals surface area contributed by atoms with Crippen molar-refractivity contribution >= 4 is 13.8 Å². The molecular weight excluding hydrogens is 529 g/mol. The standard InChI is InChI=1S/C31H54NO7P/c1-3-5-7-9-11-12-13-14-15-16-17-18-19-20-22-24-31(33)39-30(29-38-40(34,35)37-27-25-32)28-36-26-23-21-10-8-6-4-2/h5,7,11-12,14-15,17-18,20,22,30H,3-4,6,8-10,13,16,19,21,23-29,32H2,1-2H3,(H,34,35)/b7-5-,12-11-,15-14-,18-17-,22-20-. The molecular formula is C31H54NO7P. The van der Waals surface area contributed by atoms with Crippen LogP contribution in [0.15, 0.2) is 60.8 Å². The van der Waals surface area contributed by atoms with Gasteiger partial charge in [-0.15, -0.1) is 0 Å². The number of phosphoric acid groups is 1. The van der Waals surface area contributed by atoms with Gasteiger partial charge in [-0.3, -0.25) is 13.8 Å². The fourth-order valence-electron chi connectivity index (χ4n) is 3.36. The maximum atomic E-state index is 12.3. The van der Waals surface area contributed by atoms with Gasteiger partial charge < -0.3 is 20.1 Å². The number of phosphoric ester groups is 1. The molecule has 0 aromatic heterocycles. The van der Waals surface area contributed by atoms with Crippen LogP contribution in [0.5, 0.6) is 0 Å². The molecule has 0 aliphatic rings. The van der Waals surface area contributed by atoms with Gasteiger partial charge in [-0.05, 0) is 38.5 Å². The van der Waals surface area contributed by atoms with E-state index < -0.39 is 19.9 Å². The van der Waals surface area contributed by atoms with E-state index in [2.05, 4.69) is 56.4 Å². The summed E-state index contributed by atoms with van der Waals surface area (Å²) in [7, 11) is -4.28. The van der Waals surface area contributed by atoms with Gasteiger partial charge in [-0.1, -0.05) is 107 Å². The van der Waals surface area contributed by atoms with Crippen molar-refractivity contribution in [3.05, 3.63) is 60.8 Å². The quantitative estimate of drug-likeness (QED) is 0.0442. The van der Waals surface area contributed by atoms with E-state index in [9.17, 15) is 14.3 Å². The lowest BCUT2D eigenvalue weighted by molar-refractivity contribution is -0.153. The third-order valence-electron chi connectivity index (χ3n) is 5.48. The fourth-order valence-corrected chi connectivity index (χ4v) is 4.13. The van der Waals surface area contributed by atoms with E-state index in [1.807, 2.05) is 12.2 Å². The van der Waals surface area contributed by atoms with Gasteiger partial charge in [0, 0.05) is 13.2 Å². The van der Waals surface area contributed by atoms with Crippen molar-refractivity contribution in [2.24, 2.45) is 5.73 Å². The topological polar surface area (TPSA) is 117 Å². The molecule has 0 saturated heterocycles. The van der Waals surface area contributed by atoms with Gasteiger partial charge in [-0.25, -0.2) is 4.57 Å². The monoisotopic (exact) mass is 583 g/mol. The van der Waals surface area contributed by atoms with Gasteiger partial charge in [0.1, 0.15) is 6.10 Å². The predicted molar refractivity (Wildman–Crippen MR) is 164 cm³/mol. The summed E-state index contributed by atoms with van der Waals surface area (Å²) in [6.07, 6.45) is 31.4. The van der Waals surface area contributed by atoms with E-state index >= 15 is 0 Å². The van der Waals surface area contributed by atoms with Gasteiger partial charge in [-0.2, -0.15) is 0 Å². The highest BCUT2D eigenvalue weighted by Crippen LogP contribution is 2.43. The second kappa shape index (κ2) is 28.7. The first-order chi connectivity index (χ1) is 19.4. The van der Waals surface area contributed by atoms with Crippen molar-refractivity contribution in [1.29, 1.82) is 0 Å². The second-order valence-electron chi connectivity index (χ2n) is 9.25. The number of allylic oxidation sites excluding steroid dienone is 9. The van der Waals surface area contributed by atoms with E-state index in [1.165, 1.54) is 19.3 Å². The Balaban J connectivity index is 4.36. The van der Waals surface area contributed by atoms with Crippen LogP contribution in [0.3, 0.4) is 0 Å². The van der Waals surface area contributed by atoms with E-state index in [4.69, 9.17) is 24.3 Å². The fraction of sp³-hybridized carbons (Fsp3) is 0.645. The summed E-state index contributed by atoms with van der Waals surface area (Å²) in [5.74, 6) is -0.464. The molecule has 0 aliphatic heterocycles. The summed E-state index contributed by atoms with van der Waals surface area (Å²) >= 11 is 0. The molecule has 0 saturated carbocycles. The van der Waals surface area contributed by atoms with Gasteiger partial charge in [0.05, 0.1) is 26.2 Å². The Labute approximate surface area is 243 Å². The molecule has 0 spiro atoms. The van der Waals surface area contributed by atoms with Crippen LogP contribution in [0.2, 0.25) is 0 Å². The van der Waals surface area contributed by atoms with Crippen LogP contribution in [0.4, 0.5) is 0 Å². The minimum absolute atomic E-state index is 0.0727. The Morgan fingerprint density at radius 1 is 0.750 bits per heavy atom. The third kappa shape index (κ3) is 27.8. The van der Waals surface area contributed by atoms with E-state index in [0.29, 0.717) is 13.0 Å². The molecule has 0 rings (SSSR count). The number of hydrogen-bond acceptors (Lipinski definition) is 7. The van der Waals surface area contributed by atoms with Crippen LogP contribution < -0.4 is 5.73 Å². The molecule has 3 N–H and O–H groups in total. The first kappa shape index (κ1) is 38.2. The molecule has 0 aromatic rings. The minimum atomic E-state index is -4.28. The molecule has 0 aliphatic carbocycles. The lowest BCUT2D eigenvalue weighted by Crippen LogP contribution is -2.28. The number of hydrogen-bond donors (Lipinski definition) is 2. The molecule has 230 valence electrons. The van der Waals surface area contributed by atoms with Crippen molar-refractivity contribution in [2.45, 2.75) is 97.0 Å². The van der Waals surface area contributed by atoms with Gasteiger partial charge in [0.2, 0.25) is 0 Å². The largest absolute Gasteiger partial charge is 0.472 e. The van der Waals surface area contributed by atoms with Crippen LogP contribution in [-0.4, -0.2) is 49.9 Å². The lowest BCUT2D eigenvalue weighted by Gasteiger charge is -2.19. The van der Waals surface area contributed by atoms with Crippen molar-refractivity contribution in [1.82, 2.24) is 0 Å². The Hall–Kier alpha value is -1.80. The zero-order valence-corrected chi connectivity index (χ0v) is 25.7. The van der Waals surface area contributed by atoms with Crippen molar-refractivity contribution in [2.75, 3.05) is 33.0 Å². The smallest absolute Gasteiger partial charge is 0.457 e. The SMILES string of the molecule is CC/C=C\C/C=C\C/C=C\C/C=C\C/C=C\CC(=O)OC(COCCCCCCCC)COP(=O)(O)OCCN. The van der Waals surface area contributed by atoms with Crippen LogP contribution >= 0.6 is 7.82 Å². The molecule has 0 heterocycles. The number of nitrogens with two attached hydrogens (primary N) is 1. The highest BCUT2D eigenvalue weighted by atomic mass is 31.2. The highest BCUT2D eigenvalue weighted by Gasteiger charge is 2.24. The number of ether oxygens (including phenoxy) is 2. The zero-order valence-electron chi connectivity index (χ0n) is 24.8. The molecule has 2 unspecified atom stereocenters. The summed E-state index contributed by atoms with van der Waals surface area (Å²) in [6.45, 7) is 4.56. The molecule has 2 atom stereocenters. The number of carbonyl (C=O) groups is 1. The van der Waals surface area contributed by atoms with Crippen molar-refractivity contribution in [3.8, 4) is 0 Å². The molecule has 40 heavy (non-hydrogen) atoms. The highest BCUT2D eigenvalue weighted by molar-refractivity contribution is 7.47. The first-order valence-corrected chi connectivity index (χ1v) is 16.3. The first-order valence-electron chi connectivity index (χ1n) is 14.8. The Morgan fingerprint density at radius 3 is 1.88 bits per heavy atom. The average molecular weight is 584 g/mol. The lowest BCUT2D eigenvalue weighted by atomic mass is 10.1. The van der Waals surface area contributed by atoms with E-state index in [0.717, 1.165) is 44.9 Å². The minimum Gasteiger partial charge on any atom is -0.457 e. The maximum absolute atomic E-state index is 12.3. The Bertz CT molecular complexity index is 793. The molecule has 8 nitrogen and oxygen atoms in total. The number of unbranched alkanes of at least 4 members (excludes halogenated alkanes) is 5. The summed E-state index contributed by atoms with van der Waals surface area (Å²) < 4.78 is 32.8. The van der Waals surface area contributed by atoms with Gasteiger partial charge >= 0.3 is 13.8 Å². The summed E-state index contributed by atoms with van der Waals surface area (Å²) in [5.41, 5.74) is 5.30. The van der Waals surface area contributed by atoms with Gasteiger partial charge in [0.15, 0.2) is 0 Å².